The summed E-state index contributed by atoms with van der Waals surface area (Å²) in [6.45, 7) is 7.05. The largest absolute Gasteiger partial charge is 0.326 e. The van der Waals surface area contributed by atoms with Crippen LogP contribution in [-0.2, 0) is 6.54 Å². The fraction of sp³-hybridized carbons (Fsp3) is 0.222. The van der Waals surface area contributed by atoms with E-state index in [-0.39, 0.29) is 0 Å². The van der Waals surface area contributed by atoms with Gasteiger partial charge in [0.1, 0.15) is 0 Å². The summed E-state index contributed by atoms with van der Waals surface area (Å²) in [5.41, 5.74) is 7.79. The molecule has 0 saturated carbocycles. The number of nitrogens with zero attached hydrogens (tertiary/aromatic N) is 3. The molecule has 0 aliphatic carbocycles. The maximum Gasteiger partial charge on any atom is 0.0991 e. The van der Waals surface area contributed by atoms with Gasteiger partial charge in [0.05, 0.1) is 29.0 Å². The molecule has 0 fully saturated rings. The molecule has 0 atom stereocenters. The molecule has 0 spiro atoms. The molecule has 21 heavy (non-hydrogen) atoms. The van der Waals surface area contributed by atoms with Gasteiger partial charge < -0.3 is 4.57 Å². The van der Waals surface area contributed by atoms with Gasteiger partial charge >= 0.3 is 0 Å². The first kappa shape index (κ1) is 13.4. The van der Waals surface area contributed by atoms with Gasteiger partial charge in [0, 0.05) is 6.54 Å². The van der Waals surface area contributed by atoms with Crippen molar-refractivity contribution in [1.82, 2.24) is 9.55 Å². The van der Waals surface area contributed by atoms with E-state index in [9.17, 15) is 0 Å². The summed E-state index contributed by atoms with van der Waals surface area (Å²) in [6.07, 6.45) is 1.89. The molecule has 3 aromatic rings. The number of nitriles is 1. The molecule has 0 aliphatic rings. The Morgan fingerprint density at radius 2 is 1.81 bits per heavy atom. The van der Waals surface area contributed by atoms with Crippen LogP contribution in [0.2, 0.25) is 0 Å². The minimum atomic E-state index is 0.707. The van der Waals surface area contributed by atoms with Gasteiger partial charge in [-0.05, 0) is 67.3 Å². The molecule has 1 aromatic heterocycles. The maximum absolute atomic E-state index is 8.94. The number of hydrogen-bond donors (Lipinski definition) is 0. The molecule has 0 unspecified atom stereocenters. The van der Waals surface area contributed by atoms with Crippen molar-refractivity contribution in [2.75, 3.05) is 0 Å². The van der Waals surface area contributed by atoms with Gasteiger partial charge in [-0.1, -0.05) is 6.07 Å². The molecular formula is C18H17N3. The topological polar surface area (TPSA) is 41.6 Å². The van der Waals surface area contributed by atoms with E-state index in [0.717, 1.165) is 23.1 Å². The molecule has 0 radical (unpaired) electrons. The summed E-state index contributed by atoms with van der Waals surface area (Å²) in [5.74, 6) is 0. The second-order valence-corrected chi connectivity index (χ2v) is 5.55. The second-order valence-electron chi connectivity index (χ2n) is 5.55. The smallest absolute Gasteiger partial charge is 0.0991 e. The van der Waals surface area contributed by atoms with Crippen LogP contribution in [0.15, 0.2) is 36.7 Å². The van der Waals surface area contributed by atoms with E-state index < -0.39 is 0 Å². The van der Waals surface area contributed by atoms with Crippen LogP contribution in [-0.4, -0.2) is 9.55 Å². The van der Waals surface area contributed by atoms with Gasteiger partial charge in [-0.2, -0.15) is 5.26 Å². The van der Waals surface area contributed by atoms with E-state index in [1.54, 1.807) is 0 Å². The van der Waals surface area contributed by atoms with E-state index in [4.69, 9.17) is 5.26 Å². The highest BCUT2D eigenvalue weighted by molar-refractivity contribution is 5.77. The highest BCUT2D eigenvalue weighted by atomic mass is 15.0. The lowest BCUT2D eigenvalue weighted by Crippen LogP contribution is -2.00. The van der Waals surface area contributed by atoms with E-state index in [2.05, 4.69) is 41.6 Å². The number of fused-ring (bicyclic) bond motifs is 1. The normalized spacial score (nSPS) is 10.8. The minimum Gasteiger partial charge on any atom is -0.326 e. The fourth-order valence-electron chi connectivity index (χ4n) is 2.57. The third-order valence-electron chi connectivity index (χ3n) is 4.05. The number of hydrogen-bond acceptors (Lipinski definition) is 2. The Morgan fingerprint density at radius 1 is 1.05 bits per heavy atom. The van der Waals surface area contributed by atoms with E-state index in [1.165, 1.54) is 16.7 Å². The van der Waals surface area contributed by atoms with Crippen molar-refractivity contribution in [3.05, 3.63) is 64.5 Å². The minimum absolute atomic E-state index is 0.707. The molecule has 0 saturated heterocycles. The number of aryl methyl sites for hydroxylation is 3. The van der Waals surface area contributed by atoms with E-state index >= 15 is 0 Å². The van der Waals surface area contributed by atoms with Gasteiger partial charge in [0.2, 0.25) is 0 Å². The molecule has 3 nitrogen and oxygen atoms in total. The standard InChI is InChI=1S/C18H17N3/c1-12-7-17-18(8-13(12)2)21(11-20-17)10-16-5-4-15(9-19)6-14(16)3/h4-8,11H,10H2,1-3H3. The predicted octanol–water partition coefficient (Wildman–Crippen LogP) is 3.88. The van der Waals surface area contributed by atoms with E-state index in [0.29, 0.717) is 5.56 Å². The lowest BCUT2D eigenvalue weighted by Gasteiger charge is -2.09. The van der Waals surface area contributed by atoms with Crippen LogP contribution in [0.4, 0.5) is 0 Å². The molecule has 3 rings (SSSR count). The SMILES string of the molecule is Cc1cc2ncn(Cc3ccc(C#N)cc3C)c2cc1C. The van der Waals surface area contributed by atoms with Crippen LogP contribution in [0.25, 0.3) is 11.0 Å². The van der Waals surface area contributed by atoms with Crippen molar-refractivity contribution < 1.29 is 0 Å². The van der Waals surface area contributed by atoms with Gasteiger partial charge in [0.25, 0.3) is 0 Å². The van der Waals surface area contributed by atoms with Gasteiger partial charge in [-0.15, -0.1) is 0 Å². The van der Waals surface area contributed by atoms with Crippen molar-refractivity contribution in [3.63, 3.8) is 0 Å². The lowest BCUT2D eigenvalue weighted by molar-refractivity contribution is 0.818. The molecule has 2 aromatic carbocycles. The summed E-state index contributed by atoms with van der Waals surface area (Å²) >= 11 is 0. The van der Waals surface area contributed by atoms with Crippen molar-refractivity contribution in [3.8, 4) is 6.07 Å². The monoisotopic (exact) mass is 275 g/mol. The molecule has 1 heterocycles. The summed E-state index contributed by atoms with van der Waals surface area (Å²) in [7, 11) is 0. The fourth-order valence-corrected chi connectivity index (χ4v) is 2.57. The molecular weight excluding hydrogens is 258 g/mol. The van der Waals surface area contributed by atoms with Crippen LogP contribution >= 0.6 is 0 Å². The Bertz CT molecular complexity index is 866. The Labute approximate surface area is 124 Å². The average molecular weight is 275 g/mol. The maximum atomic E-state index is 8.94. The highest BCUT2D eigenvalue weighted by Gasteiger charge is 2.07. The summed E-state index contributed by atoms with van der Waals surface area (Å²) in [6, 6.07) is 12.3. The van der Waals surface area contributed by atoms with Crippen LogP contribution in [0.1, 0.15) is 27.8 Å². The van der Waals surface area contributed by atoms with E-state index in [1.807, 2.05) is 31.5 Å². The zero-order chi connectivity index (χ0) is 15.0. The molecule has 0 aliphatic heterocycles. The van der Waals surface area contributed by atoms with Crippen LogP contribution < -0.4 is 0 Å². The molecule has 0 bridgehead atoms. The molecule has 0 amide bonds. The Balaban J connectivity index is 2.03. The second kappa shape index (κ2) is 5.06. The molecule has 3 heteroatoms. The first-order chi connectivity index (χ1) is 10.1. The van der Waals surface area contributed by atoms with Gasteiger partial charge in [-0.3, -0.25) is 0 Å². The zero-order valence-corrected chi connectivity index (χ0v) is 12.5. The Kier molecular flexibility index (Phi) is 3.23. The third-order valence-corrected chi connectivity index (χ3v) is 4.05. The van der Waals surface area contributed by atoms with Crippen LogP contribution in [0.5, 0.6) is 0 Å². The lowest BCUT2D eigenvalue weighted by atomic mass is 10.1. The zero-order valence-electron chi connectivity index (χ0n) is 12.5. The number of aromatic nitrogens is 2. The van der Waals surface area contributed by atoms with Crippen LogP contribution in [0, 0.1) is 32.1 Å². The molecule has 0 N–H and O–H groups in total. The average Bonchev–Trinajstić information content (AvgIpc) is 2.84. The molecule has 104 valence electrons. The van der Waals surface area contributed by atoms with Gasteiger partial charge in [0.15, 0.2) is 0 Å². The quantitative estimate of drug-likeness (QED) is 0.712. The summed E-state index contributed by atoms with van der Waals surface area (Å²) < 4.78 is 2.16. The predicted molar refractivity (Wildman–Crippen MR) is 84.2 cm³/mol. The van der Waals surface area contributed by atoms with Crippen molar-refractivity contribution in [2.24, 2.45) is 0 Å². The van der Waals surface area contributed by atoms with Crippen molar-refractivity contribution >= 4 is 11.0 Å². The first-order valence-corrected chi connectivity index (χ1v) is 7.00. The summed E-state index contributed by atoms with van der Waals surface area (Å²) in [5, 5.41) is 8.94. The van der Waals surface area contributed by atoms with Crippen LogP contribution in [0.3, 0.4) is 0 Å². The Morgan fingerprint density at radius 3 is 2.52 bits per heavy atom. The number of benzene rings is 2. The first-order valence-electron chi connectivity index (χ1n) is 7.00. The van der Waals surface area contributed by atoms with Gasteiger partial charge in [-0.25, -0.2) is 4.98 Å². The highest BCUT2D eigenvalue weighted by Crippen LogP contribution is 2.20. The summed E-state index contributed by atoms with van der Waals surface area (Å²) in [4.78, 5) is 4.49. The third kappa shape index (κ3) is 2.41. The van der Waals surface area contributed by atoms with Crippen molar-refractivity contribution in [2.45, 2.75) is 27.3 Å². The Hall–Kier alpha value is -2.60. The van der Waals surface area contributed by atoms with Crippen molar-refractivity contribution in [1.29, 1.82) is 5.26 Å². The number of imidazole rings is 1. The number of rotatable bonds is 2.